The quantitative estimate of drug-likeness (QED) is 0.513. The highest BCUT2D eigenvalue weighted by atomic mass is 79.9. The van der Waals surface area contributed by atoms with Gasteiger partial charge in [-0.2, -0.15) is 0 Å². The highest BCUT2D eigenvalue weighted by Crippen LogP contribution is 2.38. The number of halogens is 2. The van der Waals surface area contributed by atoms with Crippen molar-refractivity contribution in [2.45, 2.75) is 26.9 Å². The predicted octanol–water partition coefficient (Wildman–Crippen LogP) is 4.99. The number of amides is 1. The van der Waals surface area contributed by atoms with Gasteiger partial charge in [0.15, 0.2) is 0 Å². The third kappa shape index (κ3) is 4.85. The molecule has 1 unspecified atom stereocenters. The summed E-state index contributed by atoms with van der Waals surface area (Å²) in [4.78, 5) is 15.3. The van der Waals surface area contributed by atoms with Crippen LogP contribution in [0.15, 0.2) is 18.2 Å². The second kappa shape index (κ2) is 10.2. The molecule has 24 heavy (non-hydrogen) atoms. The summed E-state index contributed by atoms with van der Waals surface area (Å²) < 4.78 is 6.43. The number of hydrogen-bond acceptors (Lipinski definition) is 4. The monoisotopic (exact) mass is 434 g/mol. The van der Waals surface area contributed by atoms with Gasteiger partial charge in [0.25, 0.3) is 5.91 Å². The number of nitrogens with zero attached hydrogens (tertiary/aromatic N) is 1. The van der Waals surface area contributed by atoms with Crippen molar-refractivity contribution >= 4 is 54.9 Å². The van der Waals surface area contributed by atoms with E-state index < -0.39 is 0 Å². The number of rotatable bonds is 6. The lowest BCUT2D eigenvalue weighted by Gasteiger charge is -2.26. The van der Waals surface area contributed by atoms with Crippen LogP contribution < -0.4 is 10.1 Å². The van der Waals surface area contributed by atoms with E-state index in [1.165, 1.54) is 11.3 Å². The molecule has 0 aliphatic rings. The third-order valence-electron chi connectivity index (χ3n) is 3.71. The molecule has 0 bridgehead atoms. The Morgan fingerprint density at radius 2 is 2.00 bits per heavy atom. The lowest BCUT2D eigenvalue weighted by atomic mass is 10.2. The molecular weight excluding hydrogens is 412 g/mol. The number of ether oxygens (including phenoxy) is 1. The summed E-state index contributed by atoms with van der Waals surface area (Å²) in [5.41, 5.74) is 0. The van der Waals surface area contributed by atoms with Gasteiger partial charge in [-0.15, -0.1) is 11.3 Å². The first kappa shape index (κ1) is 21.2. The molecule has 7 heteroatoms. The van der Waals surface area contributed by atoms with Gasteiger partial charge < -0.3 is 10.1 Å². The lowest BCUT2D eigenvalue weighted by Crippen LogP contribution is -2.45. The number of methoxy groups -OCH3 is 1. The molecule has 1 amide bonds. The molecule has 134 valence electrons. The van der Waals surface area contributed by atoms with Crippen molar-refractivity contribution in [2.24, 2.45) is 0 Å². The van der Waals surface area contributed by atoms with Crippen molar-refractivity contribution in [3.8, 4) is 5.75 Å². The topological polar surface area (TPSA) is 41.6 Å². The molecule has 2 rings (SSSR count). The smallest absolute Gasteiger partial charge is 0.266 e. The number of nitrogens with one attached hydrogen (secondary N) is 1. The predicted molar refractivity (Wildman–Crippen MR) is 108 cm³/mol. The zero-order valence-electron chi connectivity index (χ0n) is 14.7. The highest BCUT2D eigenvalue weighted by molar-refractivity contribution is 9.08. The number of carbonyl (C=O) groups excluding carboxylic acids is 1. The highest BCUT2D eigenvalue weighted by Gasteiger charge is 2.22. The summed E-state index contributed by atoms with van der Waals surface area (Å²) in [5.74, 6) is 2.29. The van der Waals surface area contributed by atoms with Crippen LogP contribution in [0.3, 0.4) is 0 Å². The van der Waals surface area contributed by atoms with E-state index in [2.05, 4.69) is 40.0 Å². The number of thiophene rings is 1. The van der Waals surface area contributed by atoms with Crippen molar-refractivity contribution in [3.05, 3.63) is 28.1 Å². The zero-order valence-corrected chi connectivity index (χ0v) is 17.8. The summed E-state index contributed by atoms with van der Waals surface area (Å²) in [7, 11) is 1.58. The van der Waals surface area contributed by atoms with Gasteiger partial charge in [0.1, 0.15) is 10.6 Å². The van der Waals surface area contributed by atoms with Crippen molar-refractivity contribution in [1.29, 1.82) is 0 Å². The normalized spacial score (nSPS) is 11.8. The Labute approximate surface area is 161 Å². The van der Waals surface area contributed by atoms with E-state index in [1.807, 2.05) is 31.0 Å². The second-order valence-corrected chi connectivity index (χ2v) is 6.46. The fourth-order valence-corrected chi connectivity index (χ4v) is 3.74. The molecule has 0 saturated heterocycles. The van der Waals surface area contributed by atoms with E-state index in [1.54, 1.807) is 7.11 Å². The van der Waals surface area contributed by atoms with Crippen LogP contribution in [0.2, 0.25) is 5.02 Å². The summed E-state index contributed by atoms with van der Waals surface area (Å²) >= 11 is 10.4. The minimum Gasteiger partial charge on any atom is -0.494 e. The minimum absolute atomic E-state index is 0.0268. The first-order valence-electron chi connectivity index (χ1n) is 7.70. The molecule has 2 aromatic rings. The van der Waals surface area contributed by atoms with Gasteiger partial charge in [-0.3, -0.25) is 9.69 Å². The van der Waals surface area contributed by atoms with E-state index in [0.717, 1.165) is 23.2 Å². The van der Waals surface area contributed by atoms with Gasteiger partial charge in [0, 0.05) is 15.1 Å². The largest absolute Gasteiger partial charge is 0.494 e. The molecule has 4 nitrogen and oxygen atoms in total. The van der Waals surface area contributed by atoms with Gasteiger partial charge in [-0.25, -0.2) is 0 Å². The molecule has 0 fully saturated rings. The van der Waals surface area contributed by atoms with E-state index in [9.17, 15) is 4.79 Å². The number of hydrogen-bond donors (Lipinski definition) is 1. The molecular formula is C17H24BrClN2O2S. The summed E-state index contributed by atoms with van der Waals surface area (Å²) in [6, 6.07) is 5.56. The fraction of sp³-hybridized carbons (Fsp3) is 0.471. The maximum atomic E-state index is 12.6. The Hall–Kier alpha value is -0.820. The van der Waals surface area contributed by atoms with Crippen molar-refractivity contribution in [2.75, 3.05) is 26.0 Å². The Bertz CT molecular complexity index is 674. The van der Waals surface area contributed by atoms with Crippen LogP contribution in [0.5, 0.6) is 5.75 Å². The van der Waals surface area contributed by atoms with E-state index in [0.29, 0.717) is 15.6 Å². The van der Waals surface area contributed by atoms with Crippen molar-refractivity contribution in [3.63, 3.8) is 0 Å². The van der Waals surface area contributed by atoms with Crippen molar-refractivity contribution in [1.82, 2.24) is 10.2 Å². The number of carbonyl (C=O) groups is 1. The fourth-order valence-electron chi connectivity index (χ4n) is 2.52. The van der Waals surface area contributed by atoms with Crippen LogP contribution in [0.25, 0.3) is 10.1 Å². The zero-order chi connectivity index (χ0) is 18.3. The molecule has 1 aromatic carbocycles. The van der Waals surface area contributed by atoms with E-state index in [4.69, 9.17) is 16.3 Å². The molecule has 0 aliphatic carbocycles. The first-order valence-corrected chi connectivity index (χ1v) is 10.5. The number of alkyl halides is 1. The summed E-state index contributed by atoms with van der Waals surface area (Å²) in [5, 5.41) is 4.54. The summed E-state index contributed by atoms with van der Waals surface area (Å²) in [6.07, 6.45) is -0.0268. The summed E-state index contributed by atoms with van der Waals surface area (Å²) in [6.45, 7) is 7.91. The van der Waals surface area contributed by atoms with Gasteiger partial charge >= 0.3 is 0 Å². The third-order valence-corrected chi connectivity index (χ3v) is 5.10. The van der Waals surface area contributed by atoms with Gasteiger partial charge in [-0.05, 0) is 44.0 Å². The molecule has 0 radical (unpaired) electrons. The average molecular weight is 436 g/mol. The molecule has 1 N–H and O–H groups in total. The van der Waals surface area contributed by atoms with Gasteiger partial charge in [0.2, 0.25) is 0 Å². The lowest BCUT2D eigenvalue weighted by molar-refractivity contribution is 0.0876. The van der Waals surface area contributed by atoms with Crippen LogP contribution in [-0.4, -0.2) is 43.0 Å². The molecule has 1 aromatic heterocycles. The standard InChI is InChI=1S/C16H21ClN2O2S.CH3Br/c1-5-19(6-2)10(3)18-16(20)15-14(21-4)12-9-11(17)7-8-13(12)22-15;1-2/h7-10H,5-6H2,1-4H3,(H,18,20);1H3. The molecule has 1 atom stereocenters. The Balaban J connectivity index is 0.00000139. The van der Waals surface area contributed by atoms with Crippen LogP contribution in [-0.2, 0) is 0 Å². The molecule has 0 spiro atoms. The molecule has 1 heterocycles. The molecule has 0 saturated carbocycles. The number of benzene rings is 1. The van der Waals surface area contributed by atoms with Crippen LogP contribution in [0.1, 0.15) is 30.4 Å². The second-order valence-electron chi connectivity index (χ2n) is 4.98. The SMILES string of the molecule is CBr.CCN(CC)C(C)NC(=O)c1sc2ccc(Cl)cc2c1OC. The average Bonchev–Trinajstić information content (AvgIpc) is 2.95. The Morgan fingerprint density at radius 3 is 2.54 bits per heavy atom. The van der Waals surface area contributed by atoms with Gasteiger partial charge in [0.05, 0.1) is 13.3 Å². The van der Waals surface area contributed by atoms with E-state index in [-0.39, 0.29) is 12.1 Å². The van der Waals surface area contributed by atoms with Crippen LogP contribution >= 0.6 is 38.9 Å². The Morgan fingerprint density at radius 1 is 1.38 bits per heavy atom. The Kier molecular flexibility index (Phi) is 9.05. The first-order chi connectivity index (χ1) is 11.5. The van der Waals surface area contributed by atoms with E-state index >= 15 is 0 Å². The molecule has 0 aliphatic heterocycles. The number of fused-ring (bicyclic) bond motifs is 1. The maximum Gasteiger partial charge on any atom is 0.266 e. The van der Waals surface area contributed by atoms with Crippen molar-refractivity contribution < 1.29 is 9.53 Å². The minimum atomic E-state index is -0.117. The van der Waals surface area contributed by atoms with Crippen LogP contribution in [0, 0.1) is 0 Å². The van der Waals surface area contributed by atoms with Crippen LogP contribution in [0.4, 0.5) is 0 Å². The van der Waals surface area contributed by atoms with Gasteiger partial charge in [-0.1, -0.05) is 41.4 Å². The maximum absolute atomic E-state index is 12.6.